The maximum Gasteiger partial charge on any atom is 0.133 e. The second-order valence-electron chi connectivity index (χ2n) is 3.11. The molecule has 4 heteroatoms. The monoisotopic (exact) mass is 166 g/mol. The molecule has 1 heterocycles. The summed E-state index contributed by atoms with van der Waals surface area (Å²) in [7, 11) is 0. The van der Waals surface area contributed by atoms with Crippen LogP contribution in [0.3, 0.4) is 0 Å². The molecule has 0 aromatic carbocycles. The van der Waals surface area contributed by atoms with Gasteiger partial charge in [-0.15, -0.1) is 10.2 Å². The highest BCUT2D eigenvalue weighted by atomic mass is 16.1. The van der Waals surface area contributed by atoms with Crippen molar-refractivity contribution in [3.8, 4) is 0 Å². The van der Waals surface area contributed by atoms with Crippen molar-refractivity contribution in [1.29, 1.82) is 0 Å². The van der Waals surface area contributed by atoms with Gasteiger partial charge in [0.25, 0.3) is 0 Å². The molecule has 0 spiro atoms. The fourth-order valence-corrected chi connectivity index (χ4v) is 1.56. The van der Waals surface area contributed by atoms with Gasteiger partial charge in [-0.2, -0.15) is 0 Å². The minimum Gasteiger partial charge on any atom is -0.317 e. The van der Waals surface area contributed by atoms with E-state index in [0.717, 1.165) is 12.8 Å². The number of carbonyl (C=O) groups excluding carboxylic acids is 1. The number of ketones is 1. The topological polar surface area (TPSA) is 47.8 Å². The zero-order valence-electron chi connectivity index (χ0n) is 7.73. The standard InChI is InChI=1S/C8H11N3O/c12-8-3-1-7(2-4-8)11-5-9-10-6-11/h5-7H,1-4H2/i5D. The summed E-state index contributed by atoms with van der Waals surface area (Å²) in [6, 6.07) is 0.250. The summed E-state index contributed by atoms with van der Waals surface area (Å²) >= 11 is 0. The second-order valence-corrected chi connectivity index (χ2v) is 3.11. The normalized spacial score (nSPS) is 21.0. The lowest BCUT2D eigenvalue weighted by Gasteiger charge is -2.21. The predicted octanol–water partition coefficient (Wildman–Crippen LogP) is 0.962. The molecule has 1 aliphatic carbocycles. The second kappa shape index (κ2) is 3.05. The Hall–Kier alpha value is -1.19. The van der Waals surface area contributed by atoms with Crippen molar-refractivity contribution in [2.24, 2.45) is 0 Å². The molecule has 0 unspecified atom stereocenters. The van der Waals surface area contributed by atoms with Crippen LogP contribution >= 0.6 is 0 Å². The molecule has 1 aliphatic rings. The van der Waals surface area contributed by atoms with Crippen LogP contribution < -0.4 is 0 Å². The molecule has 0 atom stereocenters. The van der Waals surface area contributed by atoms with E-state index in [1.54, 1.807) is 10.9 Å². The van der Waals surface area contributed by atoms with Crippen LogP contribution in [0.5, 0.6) is 0 Å². The van der Waals surface area contributed by atoms with E-state index in [-0.39, 0.29) is 12.3 Å². The fourth-order valence-electron chi connectivity index (χ4n) is 1.56. The molecule has 2 rings (SSSR count). The summed E-state index contributed by atoms with van der Waals surface area (Å²) in [5, 5.41) is 7.26. The van der Waals surface area contributed by atoms with Gasteiger partial charge < -0.3 is 4.57 Å². The third kappa shape index (κ3) is 1.37. The molecule has 0 saturated heterocycles. The molecule has 0 aliphatic heterocycles. The van der Waals surface area contributed by atoms with E-state index in [0.29, 0.717) is 18.6 Å². The number of rotatable bonds is 1. The highest BCUT2D eigenvalue weighted by Crippen LogP contribution is 2.25. The Labute approximate surface area is 72.0 Å². The van der Waals surface area contributed by atoms with Crippen LogP contribution in [0, 0.1) is 0 Å². The Morgan fingerprint density at radius 3 is 2.83 bits per heavy atom. The maximum absolute atomic E-state index is 11.0. The van der Waals surface area contributed by atoms with Crippen molar-refractivity contribution < 1.29 is 6.17 Å². The molecule has 0 radical (unpaired) electrons. The number of carbonyl (C=O) groups is 1. The summed E-state index contributed by atoms with van der Waals surface area (Å²) in [5.74, 6) is 0.329. The lowest BCUT2D eigenvalue weighted by atomic mass is 9.94. The van der Waals surface area contributed by atoms with E-state index in [9.17, 15) is 4.79 Å². The lowest BCUT2D eigenvalue weighted by molar-refractivity contribution is -0.120. The molecule has 0 bridgehead atoms. The van der Waals surface area contributed by atoms with Gasteiger partial charge in [0.15, 0.2) is 0 Å². The first-order valence-corrected chi connectivity index (χ1v) is 4.15. The van der Waals surface area contributed by atoms with Gasteiger partial charge >= 0.3 is 0 Å². The Balaban J connectivity index is 2.10. The van der Waals surface area contributed by atoms with E-state index in [1.807, 2.05) is 0 Å². The van der Waals surface area contributed by atoms with Crippen LogP contribution in [0.15, 0.2) is 12.6 Å². The first kappa shape index (κ1) is 6.34. The zero-order chi connectivity index (χ0) is 9.26. The third-order valence-electron chi connectivity index (χ3n) is 2.30. The number of aromatic nitrogens is 3. The molecule has 0 N–H and O–H groups in total. The van der Waals surface area contributed by atoms with E-state index in [1.165, 1.54) is 0 Å². The minimum atomic E-state index is 0.194. The molecule has 1 aromatic heterocycles. The molecule has 0 amide bonds. The van der Waals surface area contributed by atoms with Gasteiger partial charge in [-0.3, -0.25) is 4.79 Å². The highest BCUT2D eigenvalue weighted by molar-refractivity contribution is 5.79. The van der Waals surface area contributed by atoms with Gasteiger partial charge in [0, 0.05) is 18.9 Å². The Morgan fingerprint density at radius 2 is 2.25 bits per heavy atom. The first-order valence-electron chi connectivity index (χ1n) is 4.65. The number of Topliss-reactive ketones (excluding diaryl/α,β-unsaturated/α-hetero) is 1. The van der Waals surface area contributed by atoms with Crippen LogP contribution in [0.25, 0.3) is 0 Å². The summed E-state index contributed by atoms with van der Waals surface area (Å²) < 4.78 is 9.18. The SMILES string of the molecule is [2H]c1nncn1C1CCC(=O)CC1. The van der Waals surface area contributed by atoms with Crippen molar-refractivity contribution in [2.75, 3.05) is 0 Å². The smallest absolute Gasteiger partial charge is 0.133 e. The Bertz CT molecular complexity index is 313. The number of hydrogen-bond acceptors (Lipinski definition) is 3. The van der Waals surface area contributed by atoms with Gasteiger partial charge in [-0.25, -0.2) is 0 Å². The lowest BCUT2D eigenvalue weighted by Crippen LogP contribution is -2.16. The fraction of sp³-hybridized carbons (Fsp3) is 0.625. The summed E-state index contributed by atoms with van der Waals surface area (Å²) in [6.07, 6.45) is 4.66. The number of nitrogens with zero attached hydrogens (tertiary/aromatic N) is 3. The van der Waals surface area contributed by atoms with Crippen LogP contribution in [-0.2, 0) is 4.79 Å². The molecular formula is C8H11N3O. The van der Waals surface area contributed by atoms with E-state index in [4.69, 9.17) is 1.37 Å². The van der Waals surface area contributed by atoms with E-state index >= 15 is 0 Å². The highest BCUT2D eigenvalue weighted by Gasteiger charge is 2.19. The molecule has 12 heavy (non-hydrogen) atoms. The van der Waals surface area contributed by atoms with Crippen molar-refractivity contribution in [2.45, 2.75) is 31.7 Å². The molecule has 1 aromatic rings. The summed E-state index contributed by atoms with van der Waals surface area (Å²) in [4.78, 5) is 11.0. The molecule has 1 saturated carbocycles. The van der Waals surface area contributed by atoms with E-state index < -0.39 is 0 Å². The first-order chi connectivity index (χ1) is 6.27. The van der Waals surface area contributed by atoms with Crippen LogP contribution in [0.4, 0.5) is 0 Å². The Kier molecular flexibility index (Phi) is 1.61. The minimum absolute atomic E-state index is 0.194. The maximum atomic E-state index is 11.0. The average Bonchev–Trinajstić information content (AvgIpc) is 2.53. The van der Waals surface area contributed by atoms with Crippen molar-refractivity contribution in [3.63, 3.8) is 0 Å². The Morgan fingerprint density at radius 1 is 1.50 bits per heavy atom. The number of hydrogen-bond donors (Lipinski definition) is 0. The molecule has 1 fully saturated rings. The van der Waals surface area contributed by atoms with Gasteiger partial charge in [0.05, 0.1) is 0 Å². The van der Waals surface area contributed by atoms with Crippen molar-refractivity contribution in [3.05, 3.63) is 12.6 Å². The quantitative estimate of drug-likeness (QED) is 0.624. The molecule has 4 nitrogen and oxygen atoms in total. The van der Waals surface area contributed by atoms with Gasteiger partial charge in [0.1, 0.15) is 19.8 Å². The summed E-state index contributed by atoms with van der Waals surface area (Å²) in [5.41, 5.74) is 0. The van der Waals surface area contributed by atoms with Gasteiger partial charge in [-0.1, -0.05) is 0 Å². The van der Waals surface area contributed by atoms with Gasteiger partial charge in [-0.05, 0) is 12.8 Å². The van der Waals surface area contributed by atoms with Crippen molar-refractivity contribution in [1.82, 2.24) is 14.8 Å². The van der Waals surface area contributed by atoms with Crippen molar-refractivity contribution >= 4 is 5.78 Å². The molecular weight excluding hydrogens is 154 g/mol. The van der Waals surface area contributed by atoms with Crippen LogP contribution in [0.2, 0.25) is 0 Å². The average molecular weight is 166 g/mol. The zero-order valence-corrected chi connectivity index (χ0v) is 6.73. The van der Waals surface area contributed by atoms with Gasteiger partial charge in [0.2, 0.25) is 0 Å². The molecule has 64 valence electrons. The predicted molar refractivity (Wildman–Crippen MR) is 42.5 cm³/mol. The van der Waals surface area contributed by atoms with Crippen LogP contribution in [-0.4, -0.2) is 20.5 Å². The summed E-state index contributed by atoms with van der Waals surface area (Å²) in [6.45, 7) is 0. The van der Waals surface area contributed by atoms with E-state index in [2.05, 4.69) is 10.2 Å². The van der Waals surface area contributed by atoms with Crippen LogP contribution in [0.1, 0.15) is 33.1 Å². The third-order valence-corrected chi connectivity index (χ3v) is 2.30. The largest absolute Gasteiger partial charge is 0.317 e.